The Morgan fingerprint density at radius 3 is 1.85 bits per heavy atom. The first-order chi connectivity index (χ1) is 12.5. The average Bonchev–Trinajstić information content (AvgIpc) is 2.60. The molecule has 2 aromatic carbocycles. The van der Waals surface area contributed by atoms with Crippen LogP contribution in [0.15, 0.2) is 60.8 Å². The molecule has 0 radical (unpaired) electrons. The van der Waals surface area contributed by atoms with Crippen molar-refractivity contribution in [2.45, 2.75) is 39.3 Å². The van der Waals surface area contributed by atoms with Gasteiger partial charge in [-0.25, -0.2) is 0 Å². The zero-order valence-corrected chi connectivity index (χ0v) is 15.9. The number of rotatable bonds is 2. The number of pyridine rings is 1. The number of hydrogen-bond donors (Lipinski definition) is 0. The van der Waals surface area contributed by atoms with Crippen LogP contribution in [0.5, 0.6) is 0 Å². The molecule has 0 aliphatic rings. The summed E-state index contributed by atoms with van der Waals surface area (Å²) >= 11 is 0. The van der Waals surface area contributed by atoms with Crippen LogP contribution in [0.25, 0.3) is 22.4 Å². The summed E-state index contributed by atoms with van der Waals surface area (Å²) in [4.78, 5) is 4.07. The van der Waals surface area contributed by atoms with Gasteiger partial charge in [-0.3, -0.25) is 4.98 Å². The number of hydrogen-bond acceptors (Lipinski definition) is 1. The van der Waals surface area contributed by atoms with Gasteiger partial charge in [-0.1, -0.05) is 56.7 Å². The number of benzene rings is 2. The quantitative estimate of drug-likeness (QED) is 0.472. The third-order valence-corrected chi connectivity index (χ3v) is 4.57. The first-order valence-corrected chi connectivity index (χ1v) is 8.80. The molecule has 0 saturated carbocycles. The number of halogens is 3. The van der Waals surface area contributed by atoms with Gasteiger partial charge in [0.1, 0.15) is 0 Å². The fraction of sp³-hybridized carbons (Fsp3) is 0.261. The minimum Gasteiger partial charge on any atom is -0.256 e. The Morgan fingerprint density at radius 2 is 1.33 bits per heavy atom. The van der Waals surface area contributed by atoms with Crippen molar-refractivity contribution in [3.8, 4) is 22.4 Å². The van der Waals surface area contributed by atoms with E-state index < -0.39 is 11.7 Å². The number of nitrogens with zero attached hydrogens (tertiary/aromatic N) is 1. The summed E-state index contributed by atoms with van der Waals surface area (Å²) in [6.45, 7) is 8.38. The maximum Gasteiger partial charge on any atom is 0.417 e. The Labute approximate surface area is 157 Å². The van der Waals surface area contributed by atoms with Crippen molar-refractivity contribution in [3.63, 3.8) is 0 Å². The van der Waals surface area contributed by atoms with E-state index in [0.29, 0.717) is 5.69 Å². The van der Waals surface area contributed by atoms with Gasteiger partial charge in [-0.05, 0) is 53.3 Å². The maximum absolute atomic E-state index is 12.8. The second kappa shape index (κ2) is 6.84. The van der Waals surface area contributed by atoms with E-state index in [1.165, 1.54) is 11.6 Å². The van der Waals surface area contributed by atoms with E-state index in [1.54, 1.807) is 0 Å². The Balaban J connectivity index is 2.12. The van der Waals surface area contributed by atoms with Crippen molar-refractivity contribution in [3.05, 3.63) is 77.5 Å². The highest BCUT2D eigenvalue weighted by Crippen LogP contribution is 2.34. The molecular formula is C23H22F3N. The Morgan fingerprint density at radius 1 is 0.704 bits per heavy atom. The van der Waals surface area contributed by atoms with Gasteiger partial charge in [0.2, 0.25) is 0 Å². The van der Waals surface area contributed by atoms with E-state index in [0.717, 1.165) is 34.5 Å². The van der Waals surface area contributed by atoms with Gasteiger partial charge in [0, 0.05) is 11.8 Å². The van der Waals surface area contributed by atoms with Gasteiger partial charge < -0.3 is 0 Å². The molecule has 1 nitrogen and oxygen atoms in total. The van der Waals surface area contributed by atoms with Crippen molar-refractivity contribution in [2.75, 3.05) is 0 Å². The largest absolute Gasteiger partial charge is 0.417 e. The van der Waals surface area contributed by atoms with E-state index >= 15 is 0 Å². The third-order valence-electron chi connectivity index (χ3n) is 4.57. The predicted molar refractivity (Wildman–Crippen MR) is 104 cm³/mol. The second-order valence-electron chi connectivity index (χ2n) is 7.84. The number of aryl methyl sites for hydroxylation is 1. The smallest absolute Gasteiger partial charge is 0.256 e. The third kappa shape index (κ3) is 4.38. The van der Waals surface area contributed by atoms with Gasteiger partial charge in [-0.15, -0.1) is 0 Å². The van der Waals surface area contributed by atoms with Crippen LogP contribution in [0.4, 0.5) is 13.2 Å². The fourth-order valence-electron chi connectivity index (χ4n) is 2.85. The van der Waals surface area contributed by atoms with Gasteiger partial charge >= 0.3 is 6.18 Å². The molecule has 3 rings (SSSR count). The normalized spacial score (nSPS) is 12.3. The summed E-state index contributed by atoms with van der Waals surface area (Å²) in [7, 11) is 0. The van der Waals surface area contributed by atoms with E-state index in [2.05, 4.69) is 56.1 Å². The van der Waals surface area contributed by atoms with Crippen molar-refractivity contribution in [2.24, 2.45) is 0 Å². The molecule has 140 valence electrons. The lowest BCUT2D eigenvalue weighted by Gasteiger charge is -2.21. The molecule has 0 bridgehead atoms. The zero-order chi connectivity index (χ0) is 19.8. The van der Waals surface area contributed by atoms with Crippen LogP contribution in [0.2, 0.25) is 0 Å². The Hall–Kier alpha value is -2.62. The molecule has 1 aromatic heterocycles. The van der Waals surface area contributed by atoms with E-state index in [1.807, 2.05) is 19.1 Å². The summed E-state index contributed by atoms with van der Waals surface area (Å²) in [6, 6.07) is 16.9. The standard InChI is InChI=1S/C23H22F3N/c1-15-5-7-16(8-6-15)17-11-18(13-20(12-17)22(2,3)4)21-10-9-19(14-27-21)23(24,25)26/h5-14H,1-4H3. The molecular weight excluding hydrogens is 347 g/mol. The molecule has 0 aliphatic carbocycles. The van der Waals surface area contributed by atoms with Crippen molar-refractivity contribution < 1.29 is 13.2 Å². The van der Waals surface area contributed by atoms with Crippen LogP contribution in [-0.2, 0) is 11.6 Å². The van der Waals surface area contributed by atoms with Crippen LogP contribution in [0.1, 0.15) is 37.5 Å². The first kappa shape index (κ1) is 19.2. The molecule has 4 heteroatoms. The average molecular weight is 369 g/mol. The summed E-state index contributed by atoms with van der Waals surface area (Å²) in [6.07, 6.45) is -3.49. The van der Waals surface area contributed by atoms with Crippen molar-refractivity contribution in [1.82, 2.24) is 4.98 Å². The molecule has 0 fully saturated rings. The summed E-state index contributed by atoms with van der Waals surface area (Å²) in [5, 5.41) is 0. The molecule has 0 spiro atoms. The van der Waals surface area contributed by atoms with Crippen LogP contribution < -0.4 is 0 Å². The van der Waals surface area contributed by atoms with Crippen LogP contribution in [0.3, 0.4) is 0 Å². The molecule has 0 amide bonds. The second-order valence-corrected chi connectivity index (χ2v) is 7.84. The van der Waals surface area contributed by atoms with Crippen LogP contribution in [-0.4, -0.2) is 4.98 Å². The number of aromatic nitrogens is 1. The lowest BCUT2D eigenvalue weighted by Crippen LogP contribution is -2.11. The minimum absolute atomic E-state index is 0.0959. The summed E-state index contributed by atoms with van der Waals surface area (Å²) in [5.41, 5.74) is 4.89. The molecule has 1 heterocycles. The fourth-order valence-corrected chi connectivity index (χ4v) is 2.85. The molecule has 0 aliphatic heterocycles. The highest BCUT2D eigenvalue weighted by Gasteiger charge is 2.30. The Kier molecular flexibility index (Phi) is 4.85. The molecule has 0 atom stereocenters. The summed E-state index contributed by atoms with van der Waals surface area (Å²) in [5.74, 6) is 0. The number of alkyl halides is 3. The van der Waals surface area contributed by atoms with Crippen LogP contribution in [0, 0.1) is 6.92 Å². The highest BCUT2D eigenvalue weighted by atomic mass is 19.4. The van der Waals surface area contributed by atoms with Crippen molar-refractivity contribution in [1.29, 1.82) is 0 Å². The summed E-state index contributed by atoms with van der Waals surface area (Å²) < 4.78 is 38.5. The van der Waals surface area contributed by atoms with E-state index in [-0.39, 0.29) is 5.41 Å². The molecule has 3 aromatic rings. The highest BCUT2D eigenvalue weighted by molar-refractivity contribution is 5.73. The predicted octanol–water partition coefficient (Wildman–Crippen LogP) is 7.04. The molecule has 0 unspecified atom stereocenters. The SMILES string of the molecule is Cc1ccc(-c2cc(-c3ccc(C(F)(F)F)cn3)cc(C(C)(C)C)c2)cc1. The van der Waals surface area contributed by atoms with E-state index in [4.69, 9.17) is 0 Å². The lowest BCUT2D eigenvalue weighted by atomic mass is 9.83. The molecule has 27 heavy (non-hydrogen) atoms. The molecule has 0 saturated heterocycles. The van der Waals surface area contributed by atoms with Crippen LogP contribution >= 0.6 is 0 Å². The molecule has 0 N–H and O–H groups in total. The topological polar surface area (TPSA) is 12.9 Å². The van der Waals surface area contributed by atoms with Gasteiger partial charge in [0.05, 0.1) is 11.3 Å². The first-order valence-electron chi connectivity index (χ1n) is 8.80. The van der Waals surface area contributed by atoms with Gasteiger partial charge in [0.15, 0.2) is 0 Å². The van der Waals surface area contributed by atoms with Crippen molar-refractivity contribution >= 4 is 0 Å². The van der Waals surface area contributed by atoms with Gasteiger partial charge in [-0.2, -0.15) is 13.2 Å². The minimum atomic E-state index is -4.38. The maximum atomic E-state index is 12.8. The van der Waals surface area contributed by atoms with E-state index in [9.17, 15) is 13.2 Å². The zero-order valence-electron chi connectivity index (χ0n) is 15.9. The Bertz CT molecular complexity index is 931. The monoisotopic (exact) mass is 369 g/mol. The lowest BCUT2D eigenvalue weighted by molar-refractivity contribution is -0.137. The van der Waals surface area contributed by atoms with Gasteiger partial charge in [0.25, 0.3) is 0 Å².